The summed E-state index contributed by atoms with van der Waals surface area (Å²) in [7, 11) is 3.26. The first-order chi connectivity index (χ1) is 11.7. The fraction of sp³-hybridized carbons (Fsp3) is 0.650. The number of amides is 1. The van der Waals surface area contributed by atoms with Crippen LogP contribution in [0.25, 0.3) is 0 Å². The van der Waals surface area contributed by atoms with Gasteiger partial charge in [0.05, 0.1) is 14.2 Å². The van der Waals surface area contributed by atoms with E-state index in [4.69, 9.17) is 9.47 Å². The van der Waals surface area contributed by atoms with Crippen molar-refractivity contribution in [2.75, 3.05) is 20.8 Å². The first kappa shape index (κ1) is 20.3. The van der Waals surface area contributed by atoms with Gasteiger partial charge in [-0.05, 0) is 30.5 Å². The zero-order valence-corrected chi connectivity index (χ0v) is 15.5. The normalized spacial score (nSPS) is 10.5. The maximum absolute atomic E-state index is 11.8. The first-order valence-corrected chi connectivity index (χ1v) is 9.18. The van der Waals surface area contributed by atoms with Gasteiger partial charge in [-0.25, -0.2) is 0 Å². The standard InChI is InChI=1S/C20H33NO3/c1-4-5-6-7-8-9-10-11-20(22)21-15-14-17-12-13-18(23-2)19(16-17)24-3/h12-13,16H,4-11,14-15H2,1-3H3,(H,21,22). The van der Waals surface area contributed by atoms with Crippen LogP contribution in [0.5, 0.6) is 11.5 Å². The van der Waals surface area contributed by atoms with E-state index in [1.54, 1.807) is 14.2 Å². The van der Waals surface area contributed by atoms with E-state index in [1.807, 2.05) is 18.2 Å². The fourth-order valence-electron chi connectivity index (χ4n) is 2.71. The Labute approximate surface area is 146 Å². The van der Waals surface area contributed by atoms with Gasteiger partial charge in [-0.3, -0.25) is 4.79 Å². The van der Waals surface area contributed by atoms with Gasteiger partial charge in [0.15, 0.2) is 11.5 Å². The quantitative estimate of drug-likeness (QED) is 0.540. The molecule has 4 heteroatoms. The van der Waals surface area contributed by atoms with Crippen molar-refractivity contribution in [3.05, 3.63) is 23.8 Å². The second-order valence-electron chi connectivity index (χ2n) is 6.16. The Hall–Kier alpha value is -1.71. The van der Waals surface area contributed by atoms with Crippen LogP contribution in [0, 0.1) is 0 Å². The van der Waals surface area contributed by atoms with Crippen LogP contribution in [0.3, 0.4) is 0 Å². The summed E-state index contributed by atoms with van der Waals surface area (Å²) in [6.07, 6.45) is 10.1. The first-order valence-electron chi connectivity index (χ1n) is 9.18. The summed E-state index contributed by atoms with van der Waals surface area (Å²) in [6.45, 7) is 2.89. The number of carbonyl (C=O) groups excluding carboxylic acids is 1. The number of carbonyl (C=O) groups is 1. The Morgan fingerprint density at radius 1 is 0.958 bits per heavy atom. The lowest BCUT2D eigenvalue weighted by Gasteiger charge is -2.10. The molecule has 0 aliphatic rings. The third-order valence-electron chi connectivity index (χ3n) is 4.19. The Balaban J connectivity index is 2.15. The zero-order valence-electron chi connectivity index (χ0n) is 15.5. The molecular formula is C20H33NO3. The van der Waals surface area contributed by atoms with Crippen LogP contribution in [0.1, 0.15) is 63.9 Å². The molecule has 4 nitrogen and oxygen atoms in total. The lowest BCUT2D eigenvalue weighted by atomic mass is 10.1. The number of rotatable bonds is 13. The van der Waals surface area contributed by atoms with Crippen molar-refractivity contribution in [1.82, 2.24) is 5.32 Å². The molecule has 24 heavy (non-hydrogen) atoms. The Kier molecular flexibility index (Phi) is 10.7. The van der Waals surface area contributed by atoms with Crippen LogP contribution in [0.4, 0.5) is 0 Å². The summed E-state index contributed by atoms with van der Waals surface area (Å²) in [5.74, 6) is 1.61. The highest BCUT2D eigenvalue weighted by Crippen LogP contribution is 2.27. The van der Waals surface area contributed by atoms with Crippen molar-refractivity contribution in [3.63, 3.8) is 0 Å². The molecule has 0 aliphatic heterocycles. The maximum atomic E-state index is 11.8. The van der Waals surface area contributed by atoms with Gasteiger partial charge >= 0.3 is 0 Å². The second-order valence-corrected chi connectivity index (χ2v) is 6.16. The second kappa shape index (κ2) is 12.7. The summed E-state index contributed by atoms with van der Waals surface area (Å²) in [6, 6.07) is 5.86. The molecule has 0 unspecified atom stereocenters. The van der Waals surface area contributed by atoms with Gasteiger partial charge in [-0.15, -0.1) is 0 Å². The fourth-order valence-corrected chi connectivity index (χ4v) is 2.71. The molecule has 0 radical (unpaired) electrons. The molecule has 1 rings (SSSR count). The van der Waals surface area contributed by atoms with E-state index in [1.165, 1.54) is 32.1 Å². The van der Waals surface area contributed by atoms with E-state index >= 15 is 0 Å². The van der Waals surface area contributed by atoms with Gasteiger partial charge in [-0.2, -0.15) is 0 Å². The number of ether oxygens (including phenoxy) is 2. The van der Waals surface area contributed by atoms with Gasteiger partial charge < -0.3 is 14.8 Å². The molecule has 1 N–H and O–H groups in total. The molecule has 0 saturated carbocycles. The summed E-state index contributed by atoms with van der Waals surface area (Å²) < 4.78 is 10.5. The monoisotopic (exact) mass is 335 g/mol. The van der Waals surface area contributed by atoms with Crippen molar-refractivity contribution in [1.29, 1.82) is 0 Å². The molecule has 0 bridgehead atoms. The summed E-state index contributed by atoms with van der Waals surface area (Å²) >= 11 is 0. The molecule has 0 heterocycles. The van der Waals surface area contributed by atoms with E-state index < -0.39 is 0 Å². The van der Waals surface area contributed by atoms with E-state index in [2.05, 4.69) is 12.2 Å². The van der Waals surface area contributed by atoms with Crippen molar-refractivity contribution >= 4 is 5.91 Å². The van der Waals surface area contributed by atoms with E-state index in [-0.39, 0.29) is 5.91 Å². The van der Waals surface area contributed by atoms with E-state index in [9.17, 15) is 4.79 Å². The number of hydrogen-bond donors (Lipinski definition) is 1. The molecule has 0 fully saturated rings. The zero-order chi connectivity index (χ0) is 17.6. The average molecular weight is 335 g/mol. The number of benzene rings is 1. The van der Waals surface area contributed by atoms with E-state index in [0.717, 1.165) is 36.3 Å². The van der Waals surface area contributed by atoms with Crippen LogP contribution < -0.4 is 14.8 Å². The lowest BCUT2D eigenvalue weighted by molar-refractivity contribution is -0.121. The third kappa shape index (κ3) is 8.23. The number of hydrogen-bond acceptors (Lipinski definition) is 3. The highest BCUT2D eigenvalue weighted by molar-refractivity contribution is 5.75. The summed E-state index contributed by atoms with van der Waals surface area (Å²) in [4.78, 5) is 11.8. The smallest absolute Gasteiger partial charge is 0.220 e. The molecule has 1 aromatic carbocycles. The van der Waals surface area contributed by atoms with Crippen LogP contribution in [-0.2, 0) is 11.2 Å². The predicted molar refractivity (Wildman–Crippen MR) is 98.9 cm³/mol. The topological polar surface area (TPSA) is 47.6 Å². The molecule has 0 saturated heterocycles. The van der Waals surface area contributed by atoms with Gasteiger partial charge in [0.25, 0.3) is 0 Å². The Morgan fingerprint density at radius 2 is 1.62 bits per heavy atom. The Morgan fingerprint density at radius 3 is 2.29 bits per heavy atom. The number of methoxy groups -OCH3 is 2. The molecule has 0 spiro atoms. The maximum Gasteiger partial charge on any atom is 0.220 e. The van der Waals surface area contributed by atoms with Crippen LogP contribution >= 0.6 is 0 Å². The average Bonchev–Trinajstić information content (AvgIpc) is 2.60. The summed E-state index contributed by atoms with van der Waals surface area (Å²) in [5.41, 5.74) is 1.13. The van der Waals surface area contributed by atoms with Gasteiger partial charge in [-0.1, -0.05) is 51.5 Å². The summed E-state index contributed by atoms with van der Waals surface area (Å²) in [5, 5.41) is 3.00. The van der Waals surface area contributed by atoms with Gasteiger partial charge in [0, 0.05) is 13.0 Å². The van der Waals surface area contributed by atoms with E-state index in [0.29, 0.717) is 13.0 Å². The van der Waals surface area contributed by atoms with Crippen molar-refractivity contribution in [2.24, 2.45) is 0 Å². The van der Waals surface area contributed by atoms with Crippen molar-refractivity contribution < 1.29 is 14.3 Å². The minimum absolute atomic E-state index is 0.157. The number of unbranched alkanes of at least 4 members (excludes halogenated alkanes) is 6. The Bertz CT molecular complexity index is 474. The minimum Gasteiger partial charge on any atom is -0.493 e. The van der Waals surface area contributed by atoms with Crippen molar-refractivity contribution in [3.8, 4) is 11.5 Å². The molecule has 1 aromatic rings. The SMILES string of the molecule is CCCCCCCCCC(=O)NCCc1ccc(OC)c(OC)c1. The van der Waals surface area contributed by atoms with Gasteiger partial charge in [0.1, 0.15) is 0 Å². The predicted octanol–water partition coefficient (Wildman–Crippen LogP) is 4.50. The molecule has 1 amide bonds. The minimum atomic E-state index is 0.157. The van der Waals surface area contributed by atoms with Crippen molar-refractivity contribution in [2.45, 2.75) is 64.7 Å². The molecule has 0 aromatic heterocycles. The largest absolute Gasteiger partial charge is 0.493 e. The highest BCUT2D eigenvalue weighted by Gasteiger charge is 2.05. The van der Waals surface area contributed by atoms with Crippen LogP contribution in [-0.4, -0.2) is 26.7 Å². The lowest BCUT2D eigenvalue weighted by Crippen LogP contribution is -2.25. The molecule has 0 aliphatic carbocycles. The van der Waals surface area contributed by atoms with Crippen LogP contribution in [0.2, 0.25) is 0 Å². The molecule has 0 atom stereocenters. The third-order valence-corrected chi connectivity index (χ3v) is 4.19. The number of nitrogens with one attached hydrogen (secondary N) is 1. The van der Waals surface area contributed by atoms with Crippen LogP contribution in [0.15, 0.2) is 18.2 Å². The van der Waals surface area contributed by atoms with Gasteiger partial charge in [0.2, 0.25) is 5.91 Å². The molecular weight excluding hydrogens is 302 g/mol. The molecule has 136 valence electrons. The highest BCUT2D eigenvalue weighted by atomic mass is 16.5.